The first-order valence-corrected chi connectivity index (χ1v) is 11.0. The number of carbonyl (C=O) groups excluding carboxylic acids is 1. The van der Waals surface area contributed by atoms with Gasteiger partial charge in [-0.15, -0.1) is 0 Å². The maximum atomic E-state index is 13.0. The van der Waals surface area contributed by atoms with Crippen molar-refractivity contribution < 1.29 is 4.79 Å². The fourth-order valence-electron chi connectivity index (χ4n) is 4.50. The molecule has 4 rings (SSSR count). The predicted molar refractivity (Wildman–Crippen MR) is 124 cm³/mol. The van der Waals surface area contributed by atoms with Gasteiger partial charge in [-0.2, -0.15) is 0 Å². The lowest BCUT2D eigenvalue weighted by molar-refractivity contribution is 0.0920. The fourth-order valence-corrected chi connectivity index (χ4v) is 4.50. The van der Waals surface area contributed by atoms with Crippen LogP contribution in [0.15, 0.2) is 53.3 Å². The Hall–Kier alpha value is -2.99. The molecule has 31 heavy (non-hydrogen) atoms. The van der Waals surface area contributed by atoms with Crippen LogP contribution in [-0.2, 0) is 0 Å². The van der Waals surface area contributed by atoms with Gasteiger partial charge < -0.3 is 10.2 Å². The Balaban J connectivity index is 1.47. The molecule has 6 nitrogen and oxygen atoms in total. The Morgan fingerprint density at radius 3 is 2.68 bits per heavy atom. The highest BCUT2D eigenvalue weighted by molar-refractivity contribution is 5.94. The first-order chi connectivity index (χ1) is 14.9. The highest BCUT2D eigenvalue weighted by atomic mass is 16.1. The van der Waals surface area contributed by atoms with Gasteiger partial charge in [0.2, 0.25) is 0 Å². The average Bonchev–Trinajstić information content (AvgIpc) is 2.74. The van der Waals surface area contributed by atoms with E-state index in [0.717, 1.165) is 25.6 Å². The lowest BCUT2D eigenvalue weighted by atomic mass is 10.00. The van der Waals surface area contributed by atoms with Gasteiger partial charge in [0.25, 0.3) is 11.5 Å². The van der Waals surface area contributed by atoms with Crippen LogP contribution in [-0.4, -0.2) is 46.0 Å². The van der Waals surface area contributed by atoms with Crippen molar-refractivity contribution in [1.29, 1.82) is 0 Å². The van der Waals surface area contributed by atoms with Crippen LogP contribution >= 0.6 is 0 Å². The molecular weight excluding hydrogens is 388 g/mol. The Morgan fingerprint density at radius 2 is 1.94 bits per heavy atom. The molecule has 162 valence electrons. The van der Waals surface area contributed by atoms with E-state index in [1.807, 2.05) is 25.1 Å². The lowest BCUT2D eigenvalue weighted by Crippen LogP contribution is -2.45. The summed E-state index contributed by atoms with van der Waals surface area (Å²) in [6, 6.07) is 14.5. The summed E-state index contributed by atoms with van der Waals surface area (Å²) in [4.78, 5) is 32.7. The van der Waals surface area contributed by atoms with Crippen LogP contribution in [0.2, 0.25) is 0 Å². The van der Waals surface area contributed by atoms with E-state index in [-0.39, 0.29) is 17.5 Å². The highest BCUT2D eigenvalue weighted by Crippen LogP contribution is 2.16. The Kier molecular flexibility index (Phi) is 6.18. The van der Waals surface area contributed by atoms with E-state index in [1.54, 1.807) is 34.9 Å². The van der Waals surface area contributed by atoms with E-state index >= 15 is 0 Å². The third kappa shape index (κ3) is 4.69. The molecule has 0 radical (unpaired) electrons. The number of fused-ring (bicyclic) bond motifs is 1. The van der Waals surface area contributed by atoms with Crippen molar-refractivity contribution in [3.05, 3.63) is 70.3 Å². The van der Waals surface area contributed by atoms with Gasteiger partial charge >= 0.3 is 0 Å². The highest BCUT2D eigenvalue weighted by Gasteiger charge is 2.19. The second-order valence-corrected chi connectivity index (χ2v) is 8.75. The van der Waals surface area contributed by atoms with Crippen LogP contribution in [0.5, 0.6) is 0 Å². The summed E-state index contributed by atoms with van der Waals surface area (Å²) in [6.45, 7) is 9.23. The van der Waals surface area contributed by atoms with Crippen LogP contribution in [0.3, 0.4) is 0 Å². The number of hydrogen-bond donors (Lipinski definition) is 1. The van der Waals surface area contributed by atoms with Crippen molar-refractivity contribution >= 4 is 16.8 Å². The van der Waals surface area contributed by atoms with Gasteiger partial charge in [-0.05, 0) is 75.5 Å². The topological polar surface area (TPSA) is 67.2 Å². The second-order valence-electron chi connectivity index (χ2n) is 8.75. The van der Waals surface area contributed by atoms with Crippen LogP contribution in [0.1, 0.15) is 42.9 Å². The van der Waals surface area contributed by atoms with Crippen molar-refractivity contribution in [1.82, 2.24) is 19.8 Å². The molecule has 1 aromatic heterocycles. The molecule has 0 spiro atoms. The first-order valence-electron chi connectivity index (χ1n) is 11.0. The molecule has 2 aromatic carbocycles. The number of hydrogen-bond acceptors (Lipinski definition) is 4. The van der Waals surface area contributed by atoms with Gasteiger partial charge in [-0.1, -0.05) is 19.1 Å². The second kappa shape index (κ2) is 9.02. The Labute approximate surface area is 182 Å². The molecule has 0 saturated carbocycles. The van der Waals surface area contributed by atoms with Crippen molar-refractivity contribution in [2.24, 2.45) is 5.92 Å². The molecule has 1 saturated heterocycles. The predicted octanol–water partition coefficient (Wildman–Crippen LogP) is 3.54. The van der Waals surface area contributed by atoms with Crippen molar-refractivity contribution in [3.8, 4) is 5.69 Å². The number of likely N-dealkylation sites (tertiary alicyclic amines) is 1. The third-order valence-electron chi connectivity index (χ3n) is 5.98. The monoisotopic (exact) mass is 418 g/mol. The Bertz CT molecular complexity index is 1140. The van der Waals surface area contributed by atoms with Gasteiger partial charge in [0.05, 0.1) is 16.6 Å². The minimum atomic E-state index is -0.107. The van der Waals surface area contributed by atoms with Crippen LogP contribution in [0, 0.1) is 12.8 Å². The van der Waals surface area contributed by atoms with Crippen LogP contribution < -0.4 is 10.9 Å². The molecular formula is C25H30N4O2. The number of para-hydroxylation sites is 1. The molecule has 1 aliphatic rings. The van der Waals surface area contributed by atoms with E-state index < -0.39 is 0 Å². The largest absolute Gasteiger partial charge is 0.348 e. The normalized spacial score (nSPS) is 18.1. The number of carbonyl (C=O) groups is 1. The molecule has 2 unspecified atom stereocenters. The summed E-state index contributed by atoms with van der Waals surface area (Å²) in [5.74, 6) is 1.25. The van der Waals surface area contributed by atoms with E-state index in [0.29, 0.717) is 28.0 Å². The quantitative estimate of drug-likeness (QED) is 0.688. The number of amides is 1. The van der Waals surface area contributed by atoms with E-state index in [9.17, 15) is 9.59 Å². The maximum absolute atomic E-state index is 13.0. The number of nitrogens with one attached hydrogen (secondary N) is 1. The molecule has 1 fully saturated rings. The minimum absolute atomic E-state index is 0.0760. The molecule has 3 aromatic rings. The van der Waals surface area contributed by atoms with Gasteiger partial charge in [0, 0.05) is 24.7 Å². The maximum Gasteiger partial charge on any atom is 0.265 e. The summed E-state index contributed by atoms with van der Waals surface area (Å²) in [6.07, 6.45) is 2.52. The van der Waals surface area contributed by atoms with Gasteiger partial charge in [0.1, 0.15) is 5.82 Å². The van der Waals surface area contributed by atoms with Crippen molar-refractivity contribution in [2.75, 3.05) is 19.6 Å². The number of aryl methyl sites for hydroxylation is 1. The number of rotatable bonds is 5. The summed E-state index contributed by atoms with van der Waals surface area (Å²) < 4.78 is 1.59. The molecule has 0 aliphatic carbocycles. The number of nitrogens with zero attached hydrogens (tertiary/aromatic N) is 3. The molecule has 2 atom stereocenters. The molecule has 1 aliphatic heterocycles. The number of benzene rings is 2. The summed E-state index contributed by atoms with van der Waals surface area (Å²) >= 11 is 0. The molecule has 1 amide bonds. The zero-order valence-electron chi connectivity index (χ0n) is 18.5. The first kappa shape index (κ1) is 21.2. The zero-order valence-corrected chi connectivity index (χ0v) is 18.5. The lowest BCUT2D eigenvalue weighted by Gasteiger charge is -2.32. The number of piperidine rings is 1. The molecule has 2 heterocycles. The third-order valence-corrected chi connectivity index (χ3v) is 5.98. The van der Waals surface area contributed by atoms with Crippen molar-refractivity contribution in [3.63, 3.8) is 0 Å². The van der Waals surface area contributed by atoms with Gasteiger partial charge in [-0.25, -0.2) is 4.98 Å². The van der Waals surface area contributed by atoms with E-state index in [1.165, 1.54) is 12.8 Å². The van der Waals surface area contributed by atoms with Crippen LogP contribution in [0.4, 0.5) is 0 Å². The summed E-state index contributed by atoms with van der Waals surface area (Å²) in [5.41, 5.74) is 1.87. The van der Waals surface area contributed by atoms with Gasteiger partial charge in [0.15, 0.2) is 0 Å². The van der Waals surface area contributed by atoms with E-state index in [4.69, 9.17) is 0 Å². The fraction of sp³-hybridized carbons (Fsp3) is 0.400. The summed E-state index contributed by atoms with van der Waals surface area (Å²) in [5, 5.41) is 3.68. The number of aromatic nitrogens is 2. The Morgan fingerprint density at radius 1 is 1.19 bits per heavy atom. The molecule has 6 heteroatoms. The van der Waals surface area contributed by atoms with Gasteiger partial charge in [-0.3, -0.25) is 14.2 Å². The SMILES string of the molecule is Cc1nc2ccccc2c(=O)n1-c1ccc(C(=O)NC(C)CN2CCCC(C)C2)cc1. The van der Waals surface area contributed by atoms with Crippen LogP contribution in [0.25, 0.3) is 16.6 Å². The summed E-state index contributed by atoms with van der Waals surface area (Å²) in [7, 11) is 0. The smallest absolute Gasteiger partial charge is 0.265 e. The zero-order chi connectivity index (χ0) is 22.0. The van der Waals surface area contributed by atoms with Crippen molar-refractivity contribution in [2.45, 2.75) is 39.7 Å². The minimum Gasteiger partial charge on any atom is -0.348 e. The standard InChI is InChI=1S/C25H30N4O2/c1-17-7-6-14-28(15-17)16-18(2)26-24(30)20-10-12-21(13-11-20)29-19(3)27-23-9-5-4-8-22(23)25(29)31/h4-5,8-13,17-18H,6-7,14-16H2,1-3H3,(H,26,30). The molecule has 1 N–H and O–H groups in total. The molecule has 0 bridgehead atoms. The average molecular weight is 419 g/mol. The van der Waals surface area contributed by atoms with E-state index in [2.05, 4.69) is 29.0 Å².